The van der Waals surface area contributed by atoms with Gasteiger partial charge in [-0.3, -0.25) is 0 Å². The van der Waals surface area contributed by atoms with Crippen LogP contribution in [0.5, 0.6) is 0 Å². The van der Waals surface area contributed by atoms with E-state index in [1.165, 1.54) is 5.56 Å². The molecule has 0 fully saturated rings. The Kier molecular flexibility index (Phi) is 3.67. The van der Waals surface area contributed by atoms with E-state index < -0.39 is 0 Å². The number of anilines is 2. The maximum absolute atomic E-state index is 4.60. The quantitative estimate of drug-likeness (QED) is 0.624. The lowest BCUT2D eigenvalue weighted by atomic mass is 10.1. The van der Waals surface area contributed by atoms with Crippen molar-refractivity contribution in [3.05, 3.63) is 78.5 Å². The standard InChI is InChI=1S/C19H17N5/c1-24-13-21-16-12-15(7-8-17(16)24)22-18-9-10-20-19(23-18)11-14-5-3-2-4-6-14/h2-10,12-13H,11H2,1H3,(H,20,22,23). The van der Waals surface area contributed by atoms with Crippen LogP contribution in [0.2, 0.25) is 0 Å². The van der Waals surface area contributed by atoms with Gasteiger partial charge < -0.3 is 9.88 Å². The molecule has 0 saturated carbocycles. The number of benzene rings is 2. The molecule has 5 heteroatoms. The van der Waals surface area contributed by atoms with E-state index in [4.69, 9.17) is 0 Å². The maximum atomic E-state index is 4.60. The highest BCUT2D eigenvalue weighted by molar-refractivity contribution is 5.80. The second-order valence-electron chi connectivity index (χ2n) is 5.70. The number of hydrogen-bond acceptors (Lipinski definition) is 4. The van der Waals surface area contributed by atoms with Crippen molar-refractivity contribution < 1.29 is 0 Å². The van der Waals surface area contributed by atoms with Gasteiger partial charge in [0.2, 0.25) is 0 Å². The first kappa shape index (κ1) is 14.4. The molecule has 0 bridgehead atoms. The van der Waals surface area contributed by atoms with Crippen LogP contribution in [0.4, 0.5) is 11.5 Å². The predicted molar refractivity (Wildman–Crippen MR) is 95.3 cm³/mol. The van der Waals surface area contributed by atoms with Crippen molar-refractivity contribution in [3.8, 4) is 0 Å². The molecule has 2 heterocycles. The van der Waals surface area contributed by atoms with E-state index in [2.05, 4.69) is 38.5 Å². The maximum Gasteiger partial charge on any atom is 0.135 e. The van der Waals surface area contributed by atoms with Gasteiger partial charge in [-0.05, 0) is 29.8 Å². The minimum absolute atomic E-state index is 0.718. The summed E-state index contributed by atoms with van der Waals surface area (Å²) in [6, 6.07) is 18.2. The average Bonchev–Trinajstić information content (AvgIpc) is 2.97. The molecule has 0 saturated heterocycles. The highest BCUT2D eigenvalue weighted by Crippen LogP contribution is 2.20. The second kappa shape index (κ2) is 6.12. The molecule has 2 aromatic carbocycles. The summed E-state index contributed by atoms with van der Waals surface area (Å²) in [6.45, 7) is 0. The van der Waals surface area contributed by atoms with Gasteiger partial charge in [0.15, 0.2) is 0 Å². The van der Waals surface area contributed by atoms with Gasteiger partial charge in [-0.1, -0.05) is 30.3 Å². The molecule has 0 aliphatic rings. The summed E-state index contributed by atoms with van der Waals surface area (Å²) in [7, 11) is 1.99. The molecule has 0 atom stereocenters. The lowest BCUT2D eigenvalue weighted by Gasteiger charge is -2.07. The highest BCUT2D eigenvalue weighted by Gasteiger charge is 2.04. The van der Waals surface area contributed by atoms with Crippen molar-refractivity contribution in [1.82, 2.24) is 19.5 Å². The lowest BCUT2D eigenvalue weighted by molar-refractivity contribution is 0.947. The van der Waals surface area contributed by atoms with E-state index in [0.717, 1.165) is 34.8 Å². The Morgan fingerprint density at radius 1 is 1.00 bits per heavy atom. The van der Waals surface area contributed by atoms with Crippen molar-refractivity contribution in [2.75, 3.05) is 5.32 Å². The fourth-order valence-electron chi connectivity index (χ4n) is 2.69. The van der Waals surface area contributed by atoms with Gasteiger partial charge in [-0.2, -0.15) is 0 Å². The van der Waals surface area contributed by atoms with Gasteiger partial charge in [0, 0.05) is 25.4 Å². The molecule has 4 rings (SSSR count). The molecule has 0 spiro atoms. The topological polar surface area (TPSA) is 55.6 Å². The number of imidazole rings is 1. The zero-order valence-corrected chi connectivity index (χ0v) is 13.3. The zero-order valence-electron chi connectivity index (χ0n) is 13.3. The summed E-state index contributed by atoms with van der Waals surface area (Å²) in [5.41, 5.74) is 4.23. The molecule has 5 nitrogen and oxygen atoms in total. The van der Waals surface area contributed by atoms with Crippen LogP contribution in [-0.2, 0) is 13.5 Å². The van der Waals surface area contributed by atoms with Gasteiger partial charge >= 0.3 is 0 Å². The number of nitrogens with one attached hydrogen (secondary N) is 1. The Morgan fingerprint density at radius 2 is 1.88 bits per heavy atom. The normalized spacial score (nSPS) is 10.9. The van der Waals surface area contributed by atoms with Gasteiger partial charge in [-0.15, -0.1) is 0 Å². The minimum atomic E-state index is 0.718. The third-order valence-corrected chi connectivity index (χ3v) is 3.91. The van der Waals surface area contributed by atoms with Crippen LogP contribution in [0.3, 0.4) is 0 Å². The molecule has 118 valence electrons. The summed E-state index contributed by atoms with van der Waals surface area (Å²) in [5, 5.41) is 3.33. The number of rotatable bonds is 4. The molecule has 0 aliphatic heterocycles. The first-order valence-electron chi connectivity index (χ1n) is 7.82. The van der Waals surface area contributed by atoms with Crippen LogP contribution in [0, 0.1) is 0 Å². The first-order chi connectivity index (χ1) is 11.8. The molecule has 0 amide bonds. The fraction of sp³-hybridized carbons (Fsp3) is 0.105. The van der Waals surface area contributed by atoms with Crippen LogP contribution in [0.15, 0.2) is 67.1 Å². The van der Waals surface area contributed by atoms with Crippen molar-refractivity contribution in [3.63, 3.8) is 0 Å². The van der Waals surface area contributed by atoms with E-state index >= 15 is 0 Å². The van der Waals surface area contributed by atoms with E-state index in [9.17, 15) is 0 Å². The molecular formula is C19H17N5. The summed E-state index contributed by atoms with van der Waals surface area (Å²) in [4.78, 5) is 13.3. The smallest absolute Gasteiger partial charge is 0.135 e. The van der Waals surface area contributed by atoms with E-state index in [1.54, 1.807) is 6.20 Å². The molecular weight excluding hydrogens is 298 g/mol. The molecule has 0 radical (unpaired) electrons. The van der Waals surface area contributed by atoms with Crippen LogP contribution < -0.4 is 5.32 Å². The van der Waals surface area contributed by atoms with Crippen molar-refractivity contribution in [1.29, 1.82) is 0 Å². The highest BCUT2D eigenvalue weighted by atomic mass is 15.0. The van der Waals surface area contributed by atoms with Gasteiger partial charge in [0.05, 0.1) is 17.4 Å². The molecule has 0 aliphatic carbocycles. The van der Waals surface area contributed by atoms with Gasteiger partial charge in [-0.25, -0.2) is 15.0 Å². The van der Waals surface area contributed by atoms with E-state index in [0.29, 0.717) is 0 Å². The third kappa shape index (κ3) is 2.96. The fourth-order valence-corrected chi connectivity index (χ4v) is 2.69. The Balaban J connectivity index is 1.56. The Labute approximate surface area is 140 Å². The predicted octanol–water partition coefficient (Wildman–Crippen LogP) is 3.70. The number of hydrogen-bond donors (Lipinski definition) is 1. The van der Waals surface area contributed by atoms with E-state index in [-0.39, 0.29) is 0 Å². The Morgan fingerprint density at radius 3 is 2.75 bits per heavy atom. The van der Waals surface area contributed by atoms with Crippen LogP contribution in [-0.4, -0.2) is 19.5 Å². The Bertz CT molecular complexity index is 975. The van der Waals surface area contributed by atoms with Crippen LogP contribution in [0.1, 0.15) is 11.4 Å². The summed E-state index contributed by atoms with van der Waals surface area (Å²) in [5.74, 6) is 1.58. The number of fused-ring (bicyclic) bond motifs is 1. The largest absolute Gasteiger partial charge is 0.340 e. The average molecular weight is 315 g/mol. The van der Waals surface area contributed by atoms with Crippen molar-refractivity contribution in [2.24, 2.45) is 7.05 Å². The SMILES string of the molecule is Cn1cnc2cc(Nc3ccnc(Cc4ccccc4)n3)ccc21. The summed E-state index contributed by atoms with van der Waals surface area (Å²) >= 11 is 0. The third-order valence-electron chi connectivity index (χ3n) is 3.91. The van der Waals surface area contributed by atoms with Crippen LogP contribution in [0.25, 0.3) is 11.0 Å². The molecule has 2 aromatic heterocycles. The van der Waals surface area contributed by atoms with Gasteiger partial charge in [0.25, 0.3) is 0 Å². The molecule has 24 heavy (non-hydrogen) atoms. The van der Waals surface area contributed by atoms with Crippen molar-refractivity contribution in [2.45, 2.75) is 6.42 Å². The van der Waals surface area contributed by atoms with Crippen LogP contribution >= 0.6 is 0 Å². The molecule has 1 N–H and O–H groups in total. The number of nitrogens with zero attached hydrogens (tertiary/aromatic N) is 4. The Hall–Kier alpha value is -3.21. The molecule has 4 aromatic rings. The minimum Gasteiger partial charge on any atom is -0.340 e. The monoisotopic (exact) mass is 315 g/mol. The van der Waals surface area contributed by atoms with Crippen molar-refractivity contribution >= 4 is 22.5 Å². The number of aromatic nitrogens is 4. The summed E-state index contributed by atoms with van der Waals surface area (Å²) in [6.07, 6.45) is 4.32. The summed E-state index contributed by atoms with van der Waals surface area (Å²) < 4.78 is 2.00. The first-order valence-corrected chi connectivity index (χ1v) is 7.82. The van der Waals surface area contributed by atoms with E-state index in [1.807, 2.05) is 54.3 Å². The van der Waals surface area contributed by atoms with Gasteiger partial charge in [0.1, 0.15) is 11.6 Å². The molecule has 0 unspecified atom stereocenters. The zero-order chi connectivity index (χ0) is 16.4. The lowest BCUT2D eigenvalue weighted by Crippen LogP contribution is -2.00. The second-order valence-corrected chi connectivity index (χ2v) is 5.70. The number of aryl methyl sites for hydroxylation is 1.